The molecular formula is C47H55N13O4. The number of piperidine rings is 1. The van der Waals surface area contributed by atoms with Crippen molar-refractivity contribution in [2.75, 3.05) is 72.8 Å². The van der Waals surface area contributed by atoms with Crippen LogP contribution in [0, 0.1) is 12.8 Å². The third-order valence-corrected chi connectivity index (χ3v) is 12.6. The Hall–Kier alpha value is -6.88. The van der Waals surface area contributed by atoms with Crippen LogP contribution in [0.1, 0.15) is 80.6 Å². The van der Waals surface area contributed by atoms with Crippen LogP contribution in [0.2, 0.25) is 0 Å². The van der Waals surface area contributed by atoms with Gasteiger partial charge >= 0.3 is 17.8 Å². The van der Waals surface area contributed by atoms with E-state index in [-0.39, 0.29) is 35.2 Å². The molecule has 3 saturated heterocycles. The average molecular weight is 866 g/mol. The number of anilines is 4. The van der Waals surface area contributed by atoms with E-state index in [1.54, 1.807) is 4.90 Å². The molecule has 3 fully saturated rings. The molecule has 4 amide bonds. The van der Waals surface area contributed by atoms with Crippen molar-refractivity contribution in [1.82, 2.24) is 45.6 Å². The number of nitrogens with one attached hydrogen (secondary N) is 3. The van der Waals surface area contributed by atoms with Gasteiger partial charge in [0.25, 0.3) is 0 Å². The Morgan fingerprint density at radius 3 is 2.30 bits per heavy atom. The van der Waals surface area contributed by atoms with Crippen LogP contribution in [0.4, 0.5) is 27.9 Å². The lowest BCUT2D eigenvalue weighted by molar-refractivity contribution is -0.120. The predicted octanol–water partition coefficient (Wildman–Crippen LogP) is 6.23. The third-order valence-electron chi connectivity index (χ3n) is 12.6. The maximum Gasteiger partial charge on any atom is 0.328 e. The van der Waals surface area contributed by atoms with Gasteiger partial charge in [0.15, 0.2) is 5.82 Å². The molecule has 3 aliphatic rings. The van der Waals surface area contributed by atoms with Crippen LogP contribution in [0.3, 0.4) is 0 Å². The molecule has 1 atom stereocenters. The van der Waals surface area contributed by atoms with Crippen molar-refractivity contribution in [1.29, 1.82) is 0 Å². The minimum atomic E-state index is -0.427. The predicted molar refractivity (Wildman–Crippen MR) is 246 cm³/mol. The van der Waals surface area contributed by atoms with Crippen LogP contribution in [-0.2, 0) is 10.2 Å². The molecule has 4 aromatic heterocycles. The van der Waals surface area contributed by atoms with Crippen molar-refractivity contribution in [3.05, 3.63) is 89.7 Å². The Balaban J connectivity index is 0.781. The van der Waals surface area contributed by atoms with Gasteiger partial charge in [0, 0.05) is 104 Å². The van der Waals surface area contributed by atoms with E-state index in [4.69, 9.17) is 15.2 Å². The van der Waals surface area contributed by atoms with Crippen molar-refractivity contribution in [3.8, 4) is 22.5 Å². The highest BCUT2D eigenvalue weighted by Gasteiger charge is 2.28. The smallest absolute Gasteiger partial charge is 0.328 e. The summed E-state index contributed by atoms with van der Waals surface area (Å²) in [5, 5.41) is 10.2. The molecule has 0 bridgehead atoms. The summed E-state index contributed by atoms with van der Waals surface area (Å²) in [4.78, 5) is 67.6. The number of amides is 4. The summed E-state index contributed by atoms with van der Waals surface area (Å²) in [5.74, 6) is 1.55. The Labute approximate surface area is 371 Å². The molecule has 9 rings (SSSR count). The van der Waals surface area contributed by atoms with Crippen molar-refractivity contribution in [2.45, 2.75) is 65.3 Å². The topological polar surface area (TPSA) is 208 Å². The highest BCUT2D eigenvalue weighted by Crippen LogP contribution is 2.34. The van der Waals surface area contributed by atoms with Crippen LogP contribution in [0.15, 0.2) is 71.4 Å². The SMILES string of the molecule is Cc1cc(-c2nc(N)nc3[nH]c(-c4ccc(N5CCN(CC6CCN(c7ccc(N8CCC(=O)NC8=O)cc7)CC6)CC5)nc4)cc23)ccc1[C@@H](C)NC(=O)c1nc(C(C)(C)C)no1. The molecule has 2 aromatic carbocycles. The summed E-state index contributed by atoms with van der Waals surface area (Å²) in [6.45, 7) is 17.2. The fraction of sp³-hybridized carbons (Fsp3) is 0.404. The molecule has 7 heterocycles. The monoisotopic (exact) mass is 865 g/mol. The standard InChI is InChI=1S/C47H55N13O4/c1-28-24-31(6-12-35(28)29(2)50-42(62)43-55-44(56-64-43)47(3,4)5)40-36-25-37(51-41(36)54-45(48)53-40)32-7-13-38(49-26-32)59-22-20-57(21-23-59)27-30-14-17-58(18-15-30)33-8-10-34(11-9-33)60-19-16-39(61)52-46(60)63/h6-13,24-26,29-30H,14-23,27H2,1-5H3,(H,50,62)(H,52,61,63)(H3,48,51,53,54)/t29-/m1/s1. The normalized spacial score (nSPS) is 17.2. The second-order valence-electron chi connectivity index (χ2n) is 18.2. The lowest BCUT2D eigenvalue weighted by atomic mass is 9.95. The van der Waals surface area contributed by atoms with Gasteiger partial charge in [-0.25, -0.2) is 14.8 Å². The number of nitrogen functional groups attached to an aromatic ring is 1. The average Bonchev–Trinajstić information content (AvgIpc) is 3.96. The molecule has 332 valence electrons. The zero-order valence-electron chi connectivity index (χ0n) is 37.0. The Morgan fingerprint density at radius 2 is 1.62 bits per heavy atom. The van der Waals surface area contributed by atoms with Crippen molar-refractivity contribution >= 4 is 52.0 Å². The number of imide groups is 1. The summed E-state index contributed by atoms with van der Waals surface area (Å²) < 4.78 is 5.25. The molecule has 0 saturated carbocycles. The Kier molecular flexibility index (Phi) is 11.5. The highest BCUT2D eigenvalue weighted by atomic mass is 16.5. The van der Waals surface area contributed by atoms with Crippen LogP contribution >= 0.6 is 0 Å². The van der Waals surface area contributed by atoms with Crippen molar-refractivity contribution in [2.24, 2.45) is 5.92 Å². The molecule has 0 radical (unpaired) electrons. The number of nitrogens with zero attached hydrogens (tertiary/aromatic N) is 9. The number of urea groups is 1. The summed E-state index contributed by atoms with van der Waals surface area (Å²) in [6.07, 6.45) is 4.51. The van der Waals surface area contributed by atoms with Gasteiger partial charge in [-0.05, 0) is 92.3 Å². The summed E-state index contributed by atoms with van der Waals surface area (Å²) in [5.41, 5.74) is 13.8. The number of fused-ring (bicyclic) bond motifs is 1. The Morgan fingerprint density at radius 1 is 0.891 bits per heavy atom. The summed E-state index contributed by atoms with van der Waals surface area (Å²) in [7, 11) is 0. The van der Waals surface area contributed by atoms with Gasteiger partial charge < -0.3 is 30.4 Å². The minimum Gasteiger partial charge on any atom is -0.372 e. The number of carbonyl (C=O) groups excluding carboxylic acids is 3. The fourth-order valence-electron chi connectivity index (χ4n) is 8.95. The van der Waals surface area contributed by atoms with E-state index in [1.165, 1.54) is 5.69 Å². The molecule has 64 heavy (non-hydrogen) atoms. The van der Waals surface area contributed by atoms with Crippen LogP contribution in [0.25, 0.3) is 33.5 Å². The zero-order valence-corrected chi connectivity index (χ0v) is 37.0. The minimum absolute atomic E-state index is 0.0633. The number of pyridine rings is 1. The first kappa shape index (κ1) is 42.4. The van der Waals surface area contributed by atoms with E-state index in [9.17, 15) is 14.4 Å². The number of H-pyrrole nitrogens is 1. The van der Waals surface area contributed by atoms with Gasteiger partial charge in [-0.3, -0.25) is 24.7 Å². The maximum atomic E-state index is 13.0. The number of hydrogen-bond donors (Lipinski definition) is 4. The molecule has 5 N–H and O–H groups in total. The Bertz CT molecular complexity index is 2670. The lowest BCUT2D eigenvalue weighted by Gasteiger charge is -2.39. The number of benzene rings is 2. The fourth-order valence-corrected chi connectivity index (χ4v) is 8.95. The van der Waals surface area contributed by atoms with Gasteiger partial charge in [-0.1, -0.05) is 38.1 Å². The van der Waals surface area contributed by atoms with Crippen LogP contribution in [0.5, 0.6) is 0 Å². The van der Waals surface area contributed by atoms with Crippen LogP contribution in [-0.4, -0.2) is 105 Å². The van der Waals surface area contributed by atoms with E-state index in [0.717, 1.165) is 103 Å². The number of carbonyl (C=O) groups is 3. The molecule has 0 aliphatic carbocycles. The largest absolute Gasteiger partial charge is 0.372 e. The second-order valence-corrected chi connectivity index (χ2v) is 18.2. The molecule has 17 nitrogen and oxygen atoms in total. The number of aryl methyl sites for hydroxylation is 1. The van der Waals surface area contributed by atoms with E-state index in [1.807, 2.05) is 77.2 Å². The summed E-state index contributed by atoms with van der Waals surface area (Å²) >= 11 is 0. The van der Waals surface area contributed by atoms with E-state index in [2.05, 4.69) is 74.7 Å². The van der Waals surface area contributed by atoms with Crippen molar-refractivity contribution < 1.29 is 18.9 Å². The van der Waals surface area contributed by atoms with E-state index >= 15 is 0 Å². The quantitative estimate of drug-likeness (QED) is 0.121. The van der Waals surface area contributed by atoms with Gasteiger partial charge in [0.2, 0.25) is 11.9 Å². The maximum absolute atomic E-state index is 13.0. The van der Waals surface area contributed by atoms with Gasteiger partial charge in [0.1, 0.15) is 11.5 Å². The first-order valence-corrected chi connectivity index (χ1v) is 22.1. The number of aromatic nitrogens is 6. The van der Waals surface area contributed by atoms with Gasteiger partial charge in [-0.15, -0.1) is 0 Å². The second kappa shape index (κ2) is 17.4. The molecule has 17 heteroatoms. The first-order valence-electron chi connectivity index (χ1n) is 22.1. The number of hydrogen-bond acceptors (Lipinski definition) is 13. The lowest BCUT2D eigenvalue weighted by Crippen LogP contribution is -2.49. The molecule has 3 aliphatic heterocycles. The molecule has 0 unspecified atom stereocenters. The summed E-state index contributed by atoms with van der Waals surface area (Å²) in [6, 6.07) is 19.7. The molecular weight excluding hydrogens is 811 g/mol. The zero-order chi connectivity index (χ0) is 44.7. The van der Waals surface area contributed by atoms with Gasteiger partial charge in [-0.2, -0.15) is 9.97 Å². The molecule has 0 spiro atoms. The third kappa shape index (κ3) is 8.98. The van der Waals surface area contributed by atoms with Crippen LogP contribution < -0.4 is 31.1 Å². The number of nitrogens with two attached hydrogens (primary N) is 1. The molecule has 6 aromatic rings. The van der Waals surface area contributed by atoms with E-state index in [0.29, 0.717) is 36.0 Å². The highest BCUT2D eigenvalue weighted by molar-refractivity contribution is 6.05. The van der Waals surface area contributed by atoms with E-state index < -0.39 is 5.91 Å². The number of rotatable bonds is 10. The number of piperazine rings is 1. The van der Waals surface area contributed by atoms with Gasteiger partial charge in [0.05, 0.1) is 11.7 Å². The van der Waals surface area contributed by atoms with Crippen molar-refractivity contribution in [3.63, 3.8) is 0 Å². The number of aromatic amines is 1. The first-order chi connectivity index (χ1) is 30.7.